The van der Waals surface area contributed by atoms with Gasteiger partial charge in [0.1, 0.15) is 11.6 Å². The fourth-order valence-electron chi connectivity index (χ4n) is 1.54. The summed E-state index contributed by atoms with van der Waals surface area (Å²) in [6, 6.07) is 13.4. The number of rotatable bonds is 3. The van der Waals surface area contributed by atoms with Crippen LogP contribution in [0.3, 0.4) is 0 Å². The van der Waals surface area contributed by atoms with E-state index in [-0.39, 0.29) is 0 Å². The third kappa shape index (κ3) is 2.58. The number of ether oxygens (including phenoxy) is 1. The van der Waals surface area contributed by atoms with E-state index in [0.717, 1.165) is 5.69 Å². The molecule has 0 saturated heterocycles. The minimum Gasteiger partial charge on any atom is -0.497 e. The van der Waals surface area contributed by atoms with E-state index in [4.69, 9.17) is 10.00 Å². The molecule has 0 aliphatic heterocycles. The molecule has 2 aromatic carbocycles. The van der Waals surface area contributed by atoms with Crippen molar-refractivity contribution in [1.82, 2.24) is 0 Å². The van der Waals surface area contributed by atoms with Crippen LogP contribution in [-0.2, 0) is 0 Å². The Bertz CT molecular complexity index is 605. The van der Waals surface area contributed by atoms with Crippen LogP contribution in [0.4, 0.5) is 15.8 Å². The second kappa shape index (κ2) is 5.19. The van der Waals surface area contributed by atoms with Gasteiger partial charge in [0.05, 0.1) is 24.4 Å². The molecule has 3 nitrogen and oxygen atoms in total. The summed E-state index contributed by atoms with van der Waals surface area (Å²) in [6.07, 6.45) is 0. The Morgan fingerprint density at radius 2 is 2.06 bits per heavy atom. The molecule has 0 unspecified atom stereocenters. The average molecular weight is 242 g/mol. The van der Waals surface area contributed by atoms with Crippen molar-refractivity contribution in [3.63, 3.8) is 0 Å². The average Bonchev–Trinajstić information content (AvgIpc) is 2.41. The maximum absolute atomic E-state index is 13.7. The molecule has 0 atom stereocenters. The zero-order chi connectivity index (χ0) is 13.0. The highest BCUT2D eigenvalue weighted by molar-refractivity contribution is 5.62. The molecule has 4 heteroatoms. The standard InChI is InChI=1S/C14H11FN2O/c1-18-12-4-2-3-11(8-12)17-14-6-5-10(9-16)7-13(14)15/h2-8,17H,1H3. The molecule has 0 heterocycles. The fourth-order valence-corrected chi connectivity index (χ4v) is 1.54. The van der Waals surface area contributed by atoms with E-state index in [2.05, 4.69) is 5.32 Å². The summed E-state index contributed by atoms with van der Waals surface area (Å²) < 4.78 is 18.7. The lowest BCUT2D eigenvalue weighted by Crippen LogP contribution is -1.94. The maximum Gasteiger partial charge on any atom is 0.147 e. The zero-order valence-corrected chi connectivity index (χ0v) is 9.77. The molecule has 0 aliphatic rings. The molecule has 2 rings (SSSR count). The van der Waals surface area contributed by atoms with Gasteiger partial charge in [0, 0.05) is 11.8 Å². The third-order valence-corrected chi connectivity index (χ3v) is 2.45. The van der Waals surface area contributed by atoms with Crippen molar-refractivity contribution in [1.29, 1.82) is 5.26 Å². The van der Waals surface area contributed by atoms with Crippen LogP contribution < -0.4 is 10.1 Å². The van der Waals surface area contributed by atoms with Gasteiger partial charge in [-0.05, 0) is 30.3 Å². The van der Waals surface area contributed by atoms with E-state index >= 15 is 0 Å². The van der Waals surface area contributed by atoms with Crippen molar-refractivity contribution < 1.29 is 9.13 Å². The highest BCUT2D eigenvalue weighted by Crippen LogP contribution is 2.23. The zero-order valence-electron chi connectivity index (χ0n) is 9.77. The predicted molar refractivity (Wildman–Crippen MR) is 67.4 cm³/mol. The molecule has 18 heavy (non-hydrogen) atoms. The highest BCUT2D eigenvalue weighted by atomic mass is 19.1. The lowest BCUT2D eigenvalue weighted by molar-refractivity contribution is 0.415. The highest BCUT2D eigenvalue weighted by Gasteiger charge is 2.04. The second-order valence-corrected chi connectivity index (χ2v) is 3.66. The van der Waals surface area contributed by atoms with Gasteiger partial charge >= 0.3 is 0 Å². The van der Waals surface area contributed by atoms with Gasteiger partial charge in [0.15, 0.2) is 0 Å². The fraction of sp³-hybridized carbons (Fsp3) is 0.0714. The summed E-state index contributed by atoms with van der Waals surface area (Å²) in [5.41, 5.74) is 1.34. The van der Waals surface area contributed by atoms with Gasteiger partial charge in [-0.25, -0.2) is 4.39 Å². The second-order valence-electron chi connectivity index (χ2n) is 3.66. The molecule has 0 amide bonds. The van der Waals surface area contributed by atoms with E-state index in [1.807, 2.05) is 12.1 Å². The largest absolute Gasteiger partial charge is 0.497 e. The quantitative estimate of drug-likeness (QED) is 0.896. The molecule has 0 radical (unpaired) electrons. The van der Waals surface area contributed by atoms with Crippen molar-refractivity contribution >= 4 is 11.4 Å². The first-order chi connectivity index (χ1) is 8.72. The first kappa shape index (κ1) is 11.9. The summed E-state index contributed by atoms with van der Waals surface area (Å²) in [5, 5.41) is 11.6. The van der Waals surface area contributed by atoms with Crippen LogP contribution in [0.2, 0.25) is 0 Å². The van der Waals surface area contributed by atoms with Crippen LogP contribution in [0.15, 0.2) is 42.5 Å². The lowest BCUT2D eigenvalue weighted by atomic mass is 10.2. The van der Waals surface area contributed by atoms with Gasteiger partial charge in [0.25, 0.3) is 0 Å². The van der Waals surface area contributed by atoms with Crippen LogP contribution in [0.1, 0.15) is 5.56 Å². The number of hydrogen-bond donors (Lipinski definition) is 1. The van der Waals surface area contributed by atoms with E-state index in [9.17, 15) is 4.39 Å². The molecule has 0 aliphatic carbocycles. The molecular formula is C14H11FN2O. The van der Waals surface area contributed by atoms with Crippen LogP contribution in [0.25, 0.3) is 0 Å². The van der Waals surface area contributed by atoms with Gasteiger partial charge in [-0.1, -0.05) is 6.07 Å². The number of halogens is 1. The molecule has 1 N–H and O–H groups in total. The van der Waals surface area contributed by atoms with Crippen molar-refractivity contribution in [2.45, 2.75) is 0 Å². The van der Waals surface area contributed by atoms with Gasteiger partial charge in [-0.15, -0.1) is 0 Å². The number of nitriles is 1. The van der Waals surface area contributed by atoms with Crippen LogP contribution >= 0.6 is 0 Å². The Hall–Kier alpha value is -2.54. The van der Waals surface area contributed by atoms with Crippen molar-refractivity contribution in [3.05, 3.63) is 53.8 Å². The van der Waals surface area contributed by atoms with E-state index in [1.54, 1.807) is 31.4 Å². The molecule has 0 saturated carbocycles. The normalized spacial score (nSPS) is 9.61. The predicted octanol–water partition coefficient (Wildman–Crippen LogP) is 3.45. The number of benzene rings is 2. The van der Waals surface area contributed by atoms with Crippen LogP contribution in [0.5, 0.6) is 5.75 Å². The maximum atomic E-state index is 13.7. The Balaban J connectivity index is 2.26. The Labute approximate surface area is 104 Å². The summed E-state index contributed by atoms with van der Waals surface area (Å²) in [4.78, 5) is 0. The monoisotopic (exact) mass is 242 g/mol. The molecule has 90 valence electrons. The van der Waals surface area contributed by atoms with Crippen molar-refractivity contribution in [2.24, 2.45) is 0 Å². The number of nitrogens with zero attached hydrogens (tertiary/aromatic N) is 1. The first-order valence-electron chi connectivity index (χ1n) is 5.33. The molecule has 0 aromatic heterocycles. The SMILES string of the molecule is COc1cccc(Nc2ccc(C#N)cc2F)c1. The molecule has 0 fully saturated rings. The van der Waals surface area contributed by atoms with Gasteiger partial charge in [-0.2, -0.15) is 5.26 Å². The lowest BCUT2D eigenvalue weighted by Gasteiger charge is -2.09. The summed E-state index contributed by atoms with van der Waals surface area (Å²) in [7, 11) is 1.57. The van der Waals surface area contributed by atoms with E-state index < -0.39 is 5.82 Å². The van der Waals surface area contributed by atoms with Crippen molar-refractivity contribution in [3.8, 4) is 11.8 Å². The molecule has 0 bridgehead atoms. The van der Waals surface area contributed by atoms with Crippen LogP contribution in [-0.4, -0.2) is 7.11 Å². The van der Waals surface area contributed by atoms with Gasteiger partial charge in [0.2, 0.25) is 0 Å². The summed E-state index contributed by atoms with van der Waals surface area (Å²) in [6.45, 7) is 0. The number of methoxy groups -OCH3 is 1. The number of anilines is 2. The summed E-state index contributed by atoms with van der Waals surface area (Å²) >= 11 is 0. The van der Waals surface area contributed by atoms with Crippen LogP contribution in [0, 0.1) is 17.1 Å². The summed E-state index contributed by atoms with van der Waals surface area (Å²) in [5.74, 6) is 0.228. The Morgan fingerprint density at radius 1 is 1.22 bits per heavy atom. The van der Waals surface area contributed by atoms with E-state index in [1.165, 1.54) is 12.1 Å². The molecular weight excluding hydrogens is 231 g/mol. The topological polar surface area (TPSA) is 45.0 Å². The van der Waals surface area contributed by atoms with Crippen molar-refractivity contribution in [2.75, 3.05) is 12.4 Å². The third-order valence-electron chi connectivity index (χ3n) is 2.45. The number of nitrogens with one attached hydrogen (secondary N) is 1. The van der Waals surface area contributed by atoms with Gasteiger partial charge < -0.3 is 10.1 Å². The first-order valence-corrected chi connectivity index (χ1v) is 5.33. The van der Waals surface area contributed by atoms with Gasteiger partial charge in [-0.3, -0.25) is 0 Å². The van der Waals surface area contributed by atoms with E-state index in [0.29, 0.717) is 17.0 Å². The smallest absolute Gasteiger partial charge is 0.147 e. The Kier molecular flexibility index (Phi) is 3.44. The minimum atomic E-state index is -0.461. The minimum absolute atomic E-state index is 0.295. The molecule has 0 spiro atoms. The number of hydrogen-bond acceptors (Lipinski definition) is 3. The Morgan fingerprint density at radius 3 is 2.72 bits per heavy atom. The molecule has 2 aromatic rings.